The van der Waals surface area contributed by atoms with Crippen LogP contribution in [0.3, 0.4) is 0 Å². The minimum Gasteiger partial charge on any atom is -1.00 e. The third-order valence-electron chi connectivity index (χ3n) is 3.62. The molecule has 0 atom stereocenters. The number of pyridine rings is 1. The molecule has 0 spiro atoms. The zero-order valence-corrected chi connectivity index (χ0v) is 13.7. The predicted octanol–water partition coefficient (Wildman–Crippen LogP) is 0.462. The lowest BCUT2D eigenvalue weighted by molar-refractivity contribution is -0.657. The van der Waals surface area contributed by atoms with Gasteiger partial charge in [0.25, 0.3) is 0 Å². The van der Waals surface area contributed by atoms with Crippen LogP contribution in [-0.4, -0.2) is 5.78 Å². The van der Waals surface area contributed by atoms with Gasteiger partial charge in [0.2, 0.25) is 17.8 Å². The molecule has 0 amide bonds. The van der Waals surface area contributed by atoms with Crippen molar-refractivity contribution in [1.82, 2.24) is 0 Å². The first kappa shape index (κ1) is 16.3. The van der Waals surface area contributed by atoms with Crippen molar-refractivity contribution in [1.29, 1.82) is 0 Å². The molecule has 2 aromatic carbocycles. The summed E-state index contributed by atoms with van der Waals surface area (Å²) in [7, 11) is 0. The molecule has 0 unspecified atom stereocenters. The van der Waals surface area contributed by atoms with Gasteiger partial charge >= 0.3 is 0 Å². The summed E-state index contributed by atoms with van der Waals surface area (Å²) >= 11 is 0. The van der Waals surface area contributed by atoms with E-state index in [0.29, 0.717) is 5.56 Å². The molecular formula is C18H15BrFNO. The highest BCUT2D eigenvalue weighted by atomic mass is 79.9. The number of hydrogen-bond acceptors (Lipinski definition) is 1. The Morgan fingerprint density at radius 2 is 1.73 bits per heavy atom. The van der Waals surface area contributed by atoms with E-state index in [2.05, 4.69) is 6.92 Å². The van der Waals surface area contributed by atoms with Gasteiger partial charge in [-0.1, -0.05) is 12.1 Å². The van der Waals surface area contributed by atoms with Crippen molar-refractivity contribution in [3.63, 3.8) is 0 Å². The van der Waals surface area contributed by atoms with Gasteiger partial charge < -0.3 is 17.0 Å². The number of fused-ring (bicyclic) bond motifs is 1. The average molecular weight is 360 g/mol. The van der Waals surface area contributed by atoms with Gasteiger partial charge in [0.15, 0.2) is 6.20 Å². The van der Waals surface area contributed by atoms with Crippen molar-refractivity contribution in [3.05, 3.63) is 77.7 Å². The summed E-state index contributed by atoms with van der Waals surface area (Å²) in [5.74, 6) is -0.367. The fourth-order valence-electron chi connectivity index (χ4n) is 2.45. The summed E-state index contributed by atoms with van der Waals surface area (Å²) < 4.78 is 14.8. The van der Waals surface area contributed by atoms with Crippen LogP contribution in [0.4, 0.5) is 4.39 Å². The molecule has 112 valence electrons. The molecule has 0 saturated heterocycles. The highest BCUT2D eigenvalue weighted by Crippen LogP contribution is 2.14. The maximum absolute atomic E-state index is 12.9. The Kier molecular flexibility index (Phi) is 5.03. The number of Topliss-reactive ketones (excluding diaryl/α,β-unsaturated/α-hetero) is 1. The first-order chi connectivity index (χ1) is 10.1. The molecule has 2 nitrogen and oxygen atoms in total. The monoisotopic (exact) mass is 359 g/mol. The Labute approximate surface area is 139 Å². The van der Waals surface area contributed by atoms with E-state index < -0.39 is 0 Å². The lowest BCUT2D eigenvalue weighted by atomic mass is 10.1. The quantitative estimate of drug-likeness (QED) is 0.491. The van der Waals surface area contributed by atoms with E-state index in [0.717, 1.165) is 10.9 Å². The molecule has 0 aliphatic heterocycles. The number of benzene rings is 2. The summed E-state index contributed by atoms with van der Waals surface area (Å²) in [5, 5.41) is 1.13. The van der Waals surface area contributed by atoms with Gasteiger partial charge in [0.05, 0.1) is 0 Å². The van der Waals surface area contributed by atoms with Crippen LogP contribution in [0, 0.1) is 12.7 Å². The standard InChI is InChI=1S/C18H15FNO.BrH/c1-13-10-11-20(17-5-3-2-4-16(13)17)12-18(21)14-6-8-15(19)9-7-14;/h2-11H,12H2,1H3;1H/q+1;/p-1. The van der Waals surface area contributed by atoms with Gasteiger partial charge in [-0.15, -0.1) is 0 Å². The van der Waals surface area contributed by atoms with E-state index in [1.165, 1.54) is 29.8 Å². The highest BCUT2D eigenvalue weighted by Gasteiger charge is 2.16. The summed E-state index contributed by atoms with van der Waals surface area (Å²) in [6.45, 7) is 2.29. The number of hydrogen-bond donors (Lipinski definition) is 0. The molecule has 0 radical (unpaired) electrons. The van der Waals surface area contributed by atoms with E-state index in [9.17, 15) is 9.18 Å². The minimum atomic E-state index is -0.333. The molecule has 22 heavy (non-hydrogen) atoms. The van der Waals surface area contributed by atoms with Gasteiger partial charge in [0.1, 0.15) is 5.82 Å². The number of para-hydroxylation sites is 1. The van der Waals surface area contributed by atoms with E-state index >= 15 is 0 Å². The third-order valence-corrected chi connectivity index (χ3v) is 3.62. The van der Waals surface area contributed by atoms with Crippen molar-refractivity contribution in [3.8, 4) is 0 Å². The summed E-state index contributed by atoms with van der Waals surface area (Å²) in [6.07, 6.45) is 1.92. The second-order valence-corrected chi connectivity index (χ2v) is 5.07. The lowest BCUT2D eigenvalue weighted by Gasteiger charge is -2.03. The van der Waals surface area contributed by atoms with Crippen LogP contribution in [-0.2, 0) is 6.54 Å². The second kappa shape index (κ2) is 6.79. The number of aryl methyl sites for hydroxylation is 1. The number of rotatable bonds is 3. The molecule has 3 aromatic rings. The number of carbonyl (C=O) groups is 1. The highest BCUT2D eigenvalue weighted by molar-refractivity contribution is 5.95. The van der Waals surface area contributed by atoms with Gasteiger partial charge in [-0.3, -0.25) is 4.79 Å². The summed E-state index contributed by atoms with van der Waals surface area (Å²) in [5.41, 5.74) is 2.72. The predicted molar refractivity (Wildman–Crippen MR) is 79.6 cm³/mol. The molecule has 1 aromatic heterocycles. The van der Waals surface area contributed by atoms with Crippen LogP contribution in [0.15, 0.2) is 60.8 Å². The molecule has 1 heterocycles. The van der Waals surface area contributed by atoms with Gasteiger partial charge in [-0.2, -0.15) is 4.57 Å². The Morgan fingerprint density at radius 1 is 1.05 bits per heavy atom. The average Bonchev–Trinajstić information content (AvgIpc) is 2.51. The first-order valence-electron chi connectivity index (χ1n) is 6.82. The molecule has 0 bridgehead atoms. The van der Waals surface area contributed by atoms with E-state index in [1.807, 2.05) is 41.1 Å². The zero-order valence-electron chi connectivity index (χ0n) is 12.1. The van der Waals surface area contributed by atoms with Crippen LogP contribution in [0.25, 0.3) is 10.9 Å². The number of carbonyl (C=O) groups excluding carboxylic acids is 1. The molecule has 0 aliphatic rings. The Morgan fingerprint density at radius 3 is 2.45 bits per heavy atom. The van der Waals surface area contributed by atoms with Gasteiger partial charge in [0, 0.05) is 23.1 Å². The van der Waals surface area contributed by atoms with Crippen LogP contribution < -0.4 is 21.5 Å². The topological polar surface area (TPSA) is 20.9 Å². The second-order valence-electron chi connectivity index (χ2n) is 5.07. The Hall–Kier alpha value is -2.07. The Bertz CT molecular complexity index is 815. The first-order valence-corrected chi connectivity index (χ1v) is 6.82. The number of ketones is 1. The fraction of sp³-hybridized carbons (Fsp3) is 0.111. The van der Waals surface area contributed by atoms with E-state index in [-0.39, 0.29) is 35.1 Å². The van der Waals surface area contributed by atoms with E-state index in [4.69, 9.17) is 0 Å². The molecule has 0 aliphatic carbocycles. The fourth-order valence-corrected chi connectivity index (χ4v) is 2.45. The molecule has 0 fully saturated rings. The van der Waals surface area contributed by atoms with Crippen molar-refractivity contribution in [2.24, 2.45) is 0 Å². The van der Waals surface area contributed by atoms with Crippen molar-refractivity contribution >= 4 is 16.7 Å². The van der Waals surface area contributed by atoms with Gasteiger partial charge in [-0.05, 0) is 42.8 Å². The van der Waals surface area contributed by atoms with Crippen LogP contribution in [0.2, 0.25) is 0 Å². The number of halogens is 2. The maximum Gasteiger partial charge on any atom is 0.227 e. The molecule has 4 heteroatoms. The SMILES string of the molecule is Cc1cc[n+](CC(=O)c2ccc(F)cc2)c2ccccc12.[Br-]. The van der Waals surface area contributed by atoms with Crippen LogP contribution in [0.1, 0.15) is 15.9 Å². The zero-order chi connectivity index (χ0) is 14.8. The largest absolute Gasteiger partial charge is 1.00 e. The van der Waals surface area contributed by atoms with Crippen molar-refractivity contribution in [2.45, 2.75) is 13.5 Å². The minimum absolute atomic E-state index is 0. The maximum atomic E-state index is 12.9. The summed E-state index contributed by atoms with van der Waals surface area (Å²) in [6, 6.07) is 15.7. The van der Waals surface area contributed by atoms with Crippen molar-refractivity contribution < 1.29 is 30.7 Å². The lowest BCUT2D eigenvalue weighted by Crippen LogP contribution is -3.00. The normalized spacial score (nSPS) is 10.3. The third kappa shape index (κ3) is 3.22. The molecule has 0 saturated carbocycles. The molecular weight excluding hydrogens is 345 g/mol. The van der Waals surface area contributed by atoms with Crippen molar-refractivity contribution in [2.75, 3.05) is 0 Å². The molecule has 0 N–H and O–H groups in total. The summed E-state index contributed by atoms with van der Waals surface area (Å²) in [4.78, 5) is 12.3. The number of aromatic nitrogens is 1. The molecule has 3 rings (SSSR count). The van der Waals surface area contributed by atoms with Gasteiger partial charge in [-0.25, -0.2) is 4.39 Å². The Balaban J connectivity index is 0.00000176. The van der Waals surface area contributed by atoms with Crippen LogP contribution >= 0.6 is 0 Å². The van der Waals surface area contributed by atoms with Crippen LogP contribution in [0.5, 0.6) is 0 Å². The number of nitrogens with zero attached hydrogens (tertiary/aromatic N) is 1. The van der Waals surface area contributed by atoms with E-state index in [1.54, 1.807) is 0 Å². The smallest absolute Gasteiger partial charge is 0.227 e.